The number of nitrogens with one attached hydrogen (secondary N) is 1. The summed E-state index contributed by atoms with van der Waals surface area (Å²) >= 11 is 0. The van der Waals surface area contributed by atoms with Gasteiger partial charge in [-0.3, -0.25) is 9.48 Å². The van der Waals surface area contributed by atoms with Gasteiger partial charge in [-0.15, -0.1) is 0 Å². The first-order chi connectivity index (χ1) is 11.1. The zero-order valence-corrected chi connectivity index (χ0v) is 12.7. The van der Waals surface area contributed by atoms with Gasteiger partial charge in [0.1, 0.15) is 5.69 Å². The van der Waals surface area contributed by atoms with E-state index in [0.717, 1.165) is 18.4 Å². The normalized spacial score (nSPS) is 14.8. The number of rotatable bonds is 5. The lowest BCUT2D eigenvalue weighted by Crippen LogP contribution is -2.27. The Morgan fingerprint density at radius 1 is 1.26 bits per heavy atom. The molecule has 0 atom stereocenters. The molecule has 0 aliphatic heterocycles. The van der Waals surface area contributed by atoms with Crippen molar-refractivity contribution in [3.63, 3.8) is 0 Å². The molecule has 1 aromatic heterocycles. The maximum absolute atomic E-state index is 12.4. The first kappa shape index (κ1) is 15.3. The summed E-state index contributed by atoms with van der Waals surface area (Å²) in [5.74, 6) is -1.16. The SMILES string of the molecule is O=C(O)c1cccc(CNC(=O)c2ccnn2C2CCCC2)c1. The number of hydrogen-bond acceptors (Lipinski definition) is 3. The Kier molecular flexibility index (Phi) is 4.41. The molecule has 120 valence electrons. The summed E-state index contributed by atoms with van der Waals surface area (Å²) < 4.78 is 1.82. The Hall–Kier alpha value is -2.63. The van der Waals surface area contributed by atoms with Gasteiger partial charge in [0, 0.05) is 12.7 Å². The van der Waals surface area contributed by atoms with Crippen molar-refractivity contribution in [2.24, 2.45) is 0 Å². The number of carboxylic acid groups (broad SMARTS) is 1. The predicted octanol–water partition coefficient (Wildman–Crippen LogP) is 2.63. The molecule has 2 aromatic rings. The average molecular weight is 313 g/mol. The molecule has 0 unspecified atom stereocenters. The molecule has 0 saturated heterocycles. The van der Waals surface area contributed by atoms with Gasteiger partial charge in [0.05, 0.1) is 11.6 Å². The molecule has 1 aromatic carbocycles. The van der Waals surface area contributed by atoms with Gasteiger partial charge in [0.2, 0.25) is 0 Å². The van der Waals surface area contributed by atoms with E-state index < -0.39 is 5.97 Å². The average Bonchev–Trinajstić information content (AvgIpc) is 3.23. The summed E-state index contributed by atoms with van der Waals surface area (Å²) in [6.07, 6.45) is 6.12. The number of aromatic carboxylic acids is 1. The Balaban J connectivity index is 1.67. The van der Waals surface area contributed by atoms with Crippen molar-refractivity contribution < 1.29 is 14.7 Å². The smallest absolute Gasteiger partial charge is 0.335 e. The second-order valence-corrected chi connectivity index (χ2v) is 5.79. The van der Waals surface area contributed by atoms with Crippen LogP contribution in [-0.4, -0.2) is 26.8 Å². The van der Waals surface area contributed by atoms with Crippen molar-refractivity contribution >= 4 is 11.9 Å². The van der Waals surface area contributed by atoms with Crippen molar-refractivity contribution in [2.45, 2.75) is 38.3 Å². The van der Waals surface area contributed by atoms with Crippen LogP contribution in [0.1, 0.15) is 58.1 Å². The molecular formula is C17H19N3O3. The van der Waals surface area contributed by atoms with Crippen LogP contribution in [-0.2, 0) is 6.54 Å². The maximum Gasteiger partial charge on any atom is 0.335 e. The molecule has 0 spiro atoms. The van der Waals surface area contributed by atoms with E-state index in [2.05, 4.69) is 10.4 Å². The van der Waals surface area contributed by atoms with Crippen LogP contribution in [0.2, 0.25) is 0 Å². The maximum atomic E-state index is 12.4. The molecule has 1 aliphatic rings. The van der Waals surface area contributed by atoms with Crippen LogP contribution in [0, 0.1) is 0 Å². The summed E-state index contributed by atoms with van der Waals surface area (Å²) in [7, 11) is 0. The van der Waals surface area contributed by atoms with Crippen LogP contribution >= 0.6 is 0 Å². The number of carbonyl (C=O) groups excluding carboxylic acids is 1. The van der Waals surface area contributed by atoms with Gasteiger partial charge in [-0.2, -0.15) is 5.10 Å². The highest BCUT2D eigenvalue weighted by molar-refractivity contribution is 5.92. The van der Waals surface area contributed by atoms with Crippen LogP contribution in [0.3, 0.4) is 0 Å². The molecule has 6 nitrogen and oxygen atoms in total. The molecule has 23 heavy (non-hydrogen) atoms. The number of amides is 1. The molecule has 1 saturated carbocycles. The molecule has 0 radical (unpaired) electrons. The fourth-order valence-electron chi connectivity index (χ4n) is 3.02. The van der Waals surface area contributed by atoms with Gasteiger partial charge < -0.3 is 10.4 Å². The Bertz CT molecular complexity index is 717. The van der Waals surface area contributed by atoms with E-state index in [4.69, 9.17) is 5.11 Å². The zero-order chi connectivity index (χ0) is 16.2. The number of carboxylic acids is 1. The van der Waals surface area contributed by atoms with Gasteiger partial charge in [-0.1, -0.05) is 25.0 Å². The minimum atomic E-state index is -0.975. The highest BCUT2D eigenvalue weighted by Gasteiger charge is 2.22. The Morgan fingerprint density at radius 2 is 2.04 bits per heavy atom. The van der Waals surface area contributed by atoms with E-state index in [9.17, 15) is 9.59 Å². The number of carbonyl (C=O) groups is 2. The highest BCUT2D eigenvalue weighted by Crippen LogP contribution is 2.29. The number of benzene rings is 1. The van der Waals surface area contributed by atoms with E-state index in [-0.39, 0.29) is 18.0 Å². The fourth-order valence-corrected chi connectivity index (χ4v) is 3.02. The lowest BCUT2D eigenvalue weighted by Gasteiger charge is -2.14. The van der Waals surface area contributed by atoms with Crippen molar-refractivity contribution in [3.05, 3.63) is 53.3 Å². The predicted molar refractivity (Wildman–Crippen MR) is 84.3 cm³/mol. The lowest BCUT2D eigenvalue weighted by atomic mass is 10.1. The van der Waals surface area contributed by atoms with Gasteiger partial charge in [-0.25, -0.2) is 4.79 Å². The summed E-state index contributed by atoms with van der Waals surface area (Å²) in [6.45, 7) is 0.287. The lowest BCUT2D eigenvalue weighted by molar-refractivity contribution is 0.0696. The molecule has 1 heterocycles. The van der Waals surface area contributed by atoms with Gasteiger partial charge in [-0.05, 0) is 36.6 Å². The van der Waals surface area contributed by atoms with Gasteiger partial charge in [0.25, 0.3) is 5.91 Å². The van der Waals surface area contributed by atoms with Crippen LogP contribution in [0.5, 0.6) is 0 Å². The van der Waals surface area contributed by atoms with Crippen LogP contribution < -0.4 is 5.32 Å². The van der Waals surface area contributed by atoms with Gasteiger partial charge in [0.15, 0.2) is 0 Å². The van der Waals surface area contributed by atoms with E-state index in [1.807, 2.05) is 4.68 Å². The first-order valence-electron chi connectivity index (χ1n) is 7.79. The number of hydrogen-bond donors (Lipinski definition) is 2. The van der Waals surface area contributed by atoms with E-state index >= 15 is 0 Å². The van der Waals surface area contributed by atoms with Gasteiger partial charge >= 0.3 is 5.97 Å². The van der Waals surface area contributed by atoms with Crippen molar-refractivity contribution in [1.82, 2.24) is 15.1 Å². The summed E-state index contributed by atoms with van der Waals surface area (Å²) in [4.78, 5) is 23.4. The largest absolute Gasteiger partial charge is 0.478 e. The highest BCUT2D eigenvalue weighted by atomic mass is 16.4. The van der Waals surface area contributed by atoms with Crippen LogP contribution in [0.25, 0.3) is 0 Å². The van der Waals surface area contributed by atoms with Crippen molar-refractivity contribution in [3.8, 4) is 0 Å². The molecule has 0 bridgehead atoms. The molecule has 3 rings (SSSR count). The molecule has 1 fully saturated rings. The number of nitrogens with zero attached hydrogens (tertiary/aromatic N) is 2. The third kappa shape index (κ3) is 3.41. The van der Waals surface area contributed by atoms with E-state index in [1.54, 1.807) is 30.5 Å². The van der Waals surface area contributed by atoms with E-state index in [0.29, 0.717) is 11.7 Å². The first-order valence-corrected chi connectivity index (χ1v) is 7.79. The molecule has 1 amide bonds. The summed E-state index contributed by atoms with van der Waals surface area (Å²) in [5, 5.41) is 16.1. The standard InChI is InChI=1S/C17H19N3O3/c21-16(15-8-9-19-20(15)14-6-1-2-7-14)18-11-12-4-3-5-13(10-12)17(22)23/h3-5,8-10,14H,1-2,6-7,11H2,(H,18,21)(H,22,23). The summed E-state index contributed by atoms with van der Waals surface area (Å²) in [6, 6.07) is 8.59. The third-order valence-electron chi connectivity index (χ3n) is 4.20. The Morgan fingerprint density at radius 3 is 2.78 bits per heavy atom. The van der Waals surface area contributed by atoms with E-state index in [1.165, 1.54) is 18.9 Å². The fraction of sp³-hybridized carbons (Fsp3) is 0.353. The molecule has 6 heteroatoms. The quantitative estimate of drug-likeness (QED) is 0.888. The Labute approximate surface area is 134 Å². The summed E-state index contributed by atoms with van der Waals surface area (Å²) in [5.41, 5.74) is 1.53. The molecule has 2 N–H and O–H groups in total. The van der Waals surface area contributed by atoms with Crippen molar-refractivity contribution in [1.29, 1.82) is 0 Å². The topological polar surface area (TPSA) is 84.2 Å². The monoisotopic (exact) mass is 313 g/mol. The minimum Gasteiger partial charge on any atom is -0.478 e. The molecule has 1 aliphatic carbocycles. The second-order valence-electron chi connectivity index (χ2n) is 5.79. The minimum absolute atomic E-state index is 0.185. The zero-order valence-electron chi connectivity index (χ0n) is 12.7. The van der Waals surface area contributed by atoms with Crippen molar-refractivity contribution in [2.75, 3.05) is 0 Å². The third-order valence-corrected chi connectivity index (χ3v) is 4.20. The number of aromatic nitrogens is 2. The molecular weight excluding hydrogens is 294 g/mol. The van der Waals surface area contributed by atoms with Crippen LogP contribution in [0.4, 0.5) is 0 Å². The second kappa shape index (κ2) is 6.64. The van der Waals surface area contributed by atoms with Crippen LogP contribution in [0.15, 0.2) is 36.5 Å².